The number of oxazole rings is 1. The molecule has 5 heteroatoms. The zero-order valence-electron chi connectivity index (χ0n) is 17.3. The molecule has 5 nitrogen and oxygen atoms in total. The van der Waals surface area contributed by atoms with Crippen molar-refractivity contribution in [2.24, 2.45) is 0 Å². The Kier molecular flexibility index (Phi) is 6.13. The molecule has 0 bridgehead atoms. The molecule has 0 aliphatic heterocycles. The van der Waals surface area contributed by atoms with Crippen LogP contribution in [0.4, 0.5) is 5.88 Å². The lowest BCUT2D eigenvalue weighted by Crippen LogP contribution is -2.11. The van der Waals surface area contributed by atoms with Crippen molar-refractivity contribution in [3.63, 3.8) is 0 Å². The molecular weight excluding hydrogens is 388 g/mol. The van der Waals surface area contributed by atoms with Gasteiger partial charge >= 0.3 is 0 Å². The molecule has 4 aromatic rings. The van der Waals surface area contributed by atoms with E-state index in [-0.39, 0.29) is 23.4 Å². The summed E-state index contributed by atoms with van der Waals surface area (Å²) in [6, 6.07) is 24.7. The van der Waals surface area contributed by atoms with Crippen LogP contribution in [0.25, 0.3) is 33.8 Å². The fourth-order valence-corrected chi connectivity index (χ4v) is 3.36. The number of anilines is 1. The molecule has 31 heavy (non-hydrogen) atoms. The van der Waals surface area contributed by atoms with Crippen molar-refractivity contribution in [3.8, 4) is 39.6 Å². The number of hydrogen-bond acceptors (Lipinski definition) is 4. The van der Waals surface area contributed by atoms with Crippen molar-refractivity contribution in [2.45, 2.75) is 26.2 Å². The number of phenols is 1. The average Bonchev–Trinajstić information content (AvgIpc) is 3.22. The third kappa shape index (κ3) is 4.67. The second kappa shape index (κ2) is 9.30. The Balaban J connectivity index is 1.71. The Labute approximate surface area is 181 Å². The highest BCUT2D eigenvalue weighted by Gasteiger charge is 2.20. The van der Waals surface area contributed by atoms with Crippen LogP contribution in [-0.4, -0.2) is 16.0 Å². The molecular formula is C26H24N2O3. The molecule has 0 spiro atoms. The highest BCUT2D eigenvalue weighted by Crippen LogP contribution is 2.38. The molecule has 0 radical (unpaired) electrons. The predicted octanol–water partition coefficient (Wildman–Crippen LogP) is 6.51. The summed E-state index contributed by atoms with van der Waals surface area (Å²) in [5.74, 6) is 0.479. The van der Waals surface area contributed by atoms with E-state index < -0.39 is 0 Å². The van der Waals surface area contributed by atoms with Gasteiger partial charge < -0.3 is 9.52 Å². The van der Waals surface area contributed by atoms with E-state index in [1.807, 2.05) is 73.7 Å². The quantitative estimate of drug-likeness (QED) is 0.363. The third-order valence-corrected chi connectivity index (χ3v) is 5.02. The van der Waals surface area contributed by atoms with Gasteiger partial charge in [-0.1, -0.05) is 80.1 Å². The number of carbonyl (C=O) groups is 1. The number of hydrogen-bond donors (Lipinski definition) is 2. The summed E-state index contributed by atoms with van der Waals surface area (Å²) in [6.45, 7) is 2.04. The van der Waals surface area contributed by atoms with Gasteiger partial charge in [-0.15, -0.1) is 0 Å². The second-order valence-electron chi connectivity index (χ2n) is 7.31. The lowest BCUT2D eigenvalue weighted by Gasteiger charge is -2.05. The third-order valence-electron chi connectivity index (χ3n) is 5.02. The summed E-state index contributed by atoms with van der Waals surface area (Å²) in [7, 11) is 0. The monoisotopic (exact) mass is 412 g/mol. The molecule has 0 aliphatic carbocycles. The van der Waals surface area contributed by atoms with E-state index in [1.165, 1.54) is 0 Å². The molecule has 0 saturated carbocycles. The first-order chi connectivity index (χ1) is 15.2. The van der Waals surface area contributed by atoms with Gasteiger partial charge in [0.15, 0.2) is 0 Å². The summed E-state index contributed by atoms with van der Waals surface area (Å²) >= 11 is 0. The van der Waals surface area contributed by atoms with Crippen LogP contribution in [0, 0.1) is 0 Å². The van der Waals surface area contributed by atoms with E-state index >= 15 is 0 Å². The molecule has 0 saturated heterocycles. The molecule has 1 amide bonds. The van der Waals surface area contributed by atoms with Crippen LogP contribution in [0.1, 0.15) is 26.2 Å². The van der Waals surface area contributed by atoms with Gasteiger partial charge in [0.1, 0.15) is 11.4 Å². The van der Waals surface area contributed by atoms with E-state index in [1.54, 1.807) is 12.1 Å². The number of phenolic OH excluding ortho intramolecular Hbond substituents is 1. The molecule has 1 heterocycles. The normalized spacial score (nSPS) is 10.7. The zero-order chi connectivity index (χ0) is 21.6. The van der Waals surface area contributed by atoms with Crippen LogP contribution in [0.2, 0.25) is 0 Å². The van der Waals surface area contributed by atoms with Gasteiger partial charge in [-0.25, -0.2) is 4.98 Å². The average molecular weight is 412 g/mol. The number of aromatic hydroxyl groups is 1. The topological polar surface area (TPSA) is 75.4 Å². The summed E-state index contributed by atoms with van der Waals surface area (Å²) in [4.78, 5) is 16.9. The van der Waals surface area contributed by atoms with Crippen LogP contribution in [0.15, 0.2) is 83.3 Å². The predicted molar refractivity (Wildman–Crippen MR) is 123 cm³/mol. The lowest BCUT2D eigenvalue weighted by atomic mass is 10.0. The number of unbranched alkanes of at least 4 members (excludes halogenated alkanes) is 1. The van der Waals surface area contributed by atoms with Gasteiger partial charge in [0.25, 0.3) is 0 Å². The van der Waals surface area contributed by atoms with Crippen LogP contribution in [0.3, 0.4) is 0 Å². The number of nitrogens with one attached hydrogen (secondary N) is 1. The van der Waals surface area contributed by atoms with Gasteiger partial charge in [0, 0.05) is 12.0 Å². The summed E-state index contributed by atoms with van der Waals surface area (Å²) in [5, 5.41) is 13.5. The number of rotatable bonds is 7. The molecule has 1 aromatic heterocycles. The Morgan fingerprint density at radius 1 is 0.935 bits per heavy atom. The van der Waals surface area contributed by atoms with Gasteiger partial charge in [-0.05, 0) is 29.7 Å². The first-order valence-electron chi connectivity index (χ1n) is 10.4. The van der Waals surface area contributed by atoms with Crippen LogP contribution in [-0.2, 0) is 4.79 Å². The van der Waals surface area contributed by atoms with Crippen molar-refractivity contribution < 1.29 is 14.3 Å². The minimum Gasteiger partial charge on any atom is -0.507 e. The molecule has 0 unspecified atom stereocenters. The van der Waals surface area contributed by atoms with Crippen molar-refractivity contribution in [3.05, 3.63) is 78.9 Å². The Hall–Kier alpha value is -3.86. The Morgan fingerprint density at radius 2 is 1.61 bits per heavy atom. The van der Waals surface area contributed by atoms with E-state index in [9.17, 15) is 9.90 Å². The minimum atomic E-state index is -0.120. The fraction of sp³-hybridized carbons (Fsp3) is 0.154. The fourth-order valence-electron chi connectivity index (χ4n) is 3.36. The lowest BCUT2D eigenvalue weighted by molar-refractivity contribution is -0.116. The largest absolute Gasteiger partial charge is 0.507 e. The summed E-state index contributed by atoms with van der Waals surface area (Å²) in [6.07, 6.45) is 2.15. The van der Waals surface area contributed by atoms with Crippen molar-refractivity contribution in [1.82, 2.24) is 4.98 Å². The van der Waals surface area contributed by atoms with E-state index in [0.29, 0.717) is 17.7 Å². The van der Waals surface area contributed by atoms with Gasteiger partial charge in [0.2, 0.25) is 17.7 Å². The number of benzene rings is 3. The standard InChI is InChI=1S/C26H24N2O3/c1-2-3-14-23(30)27-26-24(19-12-8-5-9-13-19)28-25(31-26)21-16-15-20(17-22(21)29)18-10-6-4-7-11-18/h4-13,15-17,29H,2-3,14H2,1H3,(H,27,30). The van der Waals surface area contributed by atoms with Gasteiger partial charge in [-0.2, -0.15) is 0 Å². The SMILES string of the molecule is CCCCC(=O)Nc1oc(-c2ccc(-c3ccccc3)cc2O)nc1-c1ccccc1. The maximum absolute atomic E-state index is 12.3. The maximum atomic E-state index is 12.3. The molecule has 2 N–H and O–H groups in total. The highest BCUT2D eigenvalue weighted by molar-refractivity contribution is 5.93. The zero-order valence-corrected chi connectivity index (χ0v) is 17.3. The van der Waals surface area contributed by atoms with Crippen LogP contribution in [0.5, 0.6) is 5.75 Å². The van der Waals surface area contributed by atoms with Crippen molar-refractivity contribution in [2.75, 3.05) is 5.32 Å². The van der Waals surface area contributed by atoms with Gasteiger partial charge in [0.05, 0.1) is 5.56 Å². The second-order valence-corrected chi connectivity index (χ2v) is 7.31. The minimum absolute atomic E-state index is 0.0612. The van der Waals surface area contributed by atoms with Crippen LogP contribution >= 0.6 is 0 Å². The molecule has 3 aromatic carbocycles. The number of nitrogens with zero attached hydrogens (tertiary/aromatic N) is 1. The van der Waals surface area contributed by atoms with E-state index in [4.69, 9.17) is 4.42 Å². The molecule has 4 rings (SSSR count). The Morgan fingerprint density at radius 3 is 2.26 bits per heavy atom. The van der Waals surface area contributed by atoms with Gasteiger partial charge in [-0.3, -0.25) is 10.1 Å². The smallest absolute Gasteiger partial charge is 0.233 e. The highest BCUT2D eigenvalue weighted by atomic mass is 16.4. The molecule has 0 fully saturated rings. The molecule has 156 valence electrons. The van der Waals surface area contributed by atoms with Crippen molar-refractivity contribution >= 4 is 11.8 Å². The van der Waals surface area contributed by atoms with E-state index in [2.05, 4.69) is 10.3 Å². The van der Waals surface area contributed by atoms with Crippen molar-refractivity contribution in [1.29, 1.82) is 0 Å². The summed E-state index contributed by atoms with van der Waals surface area (Å²) in [5.41, 5.74) is 3.72. The molecule has 0 aliphatic rings. The van der Waals surface area contributed by atoms with E-state index in [0.717, 1.165) is 29.5 Å². The number of carbonyl (C=O) groups excluding carboxylic acids is 1. The summed E-state index contributed by atoms with van der Waals surface area (Å²) < 4.78 is 5.93. The first kappa shape index (κ1) is 20.4. The Bertz CT molecular complexity index is 1170. The van der Waals surface area contributed by atoms with Crippen LogP contribution < -0.4 is 5.32 Å². The maximum Gasteiger partial charge on any atom is 0.233 e. The first-order valence-corrected chi connectivity index (χ1v) is 10.4. The molecule has 0 atom stereocenters. The number of amides is 1. The number of aromatic nitrogens is 1.